The number of amides is 1. The second-order valence-electron chi connectivity index (χ2n) is 5.32. The quantitative estimate of drug-likeness (QED) is 0.812. The first-order valence-corrected chi connectivity index (χ1v) is 7.23. The standard InChI is InChI=1S/C14H24N4O/c1-12-10-17-18(11-12)9-8-16-14(19)6-5-13-4-2-3-7-15-13/h10-11,13,15H,2-9H2,1H3,(H,16,19). The van der Waals surface area contributed by atoms with Crippen LogP contribution in [0.1, 0.15) is 37.7 Å². The molecule has 1 aliphatic rings. The van der Waals surface area contributed by atoms with Gasteiger partial charge < -0.3 is 10.6 Å². The van der Waals surface area contributed by atoms with Crippen LogP contribution in [-0.4, -0.2) is 34.8 Å². The van der Waals surface area contributed by atoms with Crippen LogP contribution in [0, 0.1) is 6.92 Å². The molecule has 1 aromatic rings. The number of aromatic nitrogens is 2. The molecule has 106 valence electrons. The smallest absolute Gasteiger partial charge is 0.220 e. The van der Waals surface area contributed by atoms with E-state index in [0.717, 1.165) is 25.1 Å². The largest absolute Gasteiger partial charge is 0.354 e. The lowest BCUT2D eigenvalue weighted by molar-refractivity contribution is -0.121. The molecule has 1 aromatic heterocycles. The molecule has 0 aromatic carbocycles. The maximum atomic E-state index is 11.7. The molecule has 0 radical (unpaired) electrons. The molecular weight excluding hydrogens is 240 g/mol. The second kappa shape index (κ2) is 7.28. The molecule has 1 aliphatic heterocycles. The average molecular weight is 264 g/mol. The first kappa shape index (κ1) is 14.1. The maximum absolute atomic E-state index is 11.7. The van der Waals surface area contributed by atoms with E-state index in [4.69, 9.17) is 0 Å². The van der Waals surface area contributed by atoms with E-state index in [9.17, 15) is 4.79 Å². The van der Waals surface area contributed by atoms with E-state index < -0.39 is 0 Å². The Labute approximate surface area is 114 Å². The van der Waals surface area contributed by atoms with Crippen molar-refractivity contribution in [3.05, 3.63) is 18.0 Å². The van der Waals surface area contributed by atoms with Crippen molar-refractivity contribution >= 4 is 5.91 Å². The summed E-state index contributed by atoms with van der Waals surface area (Å²) < 4.78 is 1.86. The summed E-state index contributed by atoms with van der Waals surface area (Å²) in [5.41, 5.74) is 1.15. The number of rotatable bonds is 6. The van der Waals surface area contributed by atoms with Gasteiger partial charge in [0.25, 0.3) is 0 Å². The Morgan fingerprint density at radius 1 is 1.58 bits per heavy atom. The van der Waals surface area contributed by atoms with E-state index >= 15 is 0 Å². The van der Waals surface area contributed by atoms with Crippen molar-refractivity contribution in [3.63, 3.8) is 0 Å². The van der Waals surface area contributed by atoms with Gasteiger partial charge in [-0.2, -0.15) is 5.10 Å². The fraction of sp³-hybridized carbons (Fsp3) is 0.714. The molecule has 0 aliphatic carbocycles. The van der Waals surface area contributed by atoms with Crippen molar-refractivity contribution in [2.45, 2.75) is 51.6 Å². The Balaban J connectivity index is 1.56. The minimum absolute atomic E-state index is 0.149. The van der Waals surface area contributed by atoms with Gasteiger partial charge in [0.1, 0.15) is 0 Å². The van der Waals surface area contributed by atoms with Gasteiger partial charge in [0.15, 0.2) is 0 Å². The van der Waals surface area contributed by atoms with Gasteiger partial charge in [0, 0.05) is 25.2 Å². The molecule has 0 spiro atoms. The molecule has 5 nitrogen and oxygen atoms in total. The summed E-state index contributed by atoms with van der Waals surface area (Å²) in [7, 11) is 0. The molecule has 0 saturated carbocycles. The lowest BCUT2D eigenvalue weighted by atomic mass is 10.0. The lowest BCUT2D eigenvalue weighted by Gasteiger charge is -2.23. The molecule has 1 saturated heterocycles. The van der Waals surface area contributed by atoms with Crippen LogP contribution in [-0.2, 0) is 11.3 Å². The molecule has 1 amide bonds. The third kappa shape index (κ3) is 5.03. The molecule has 2 rings (SSSR count). The monoisotopic (exact) mass is 264 g/mol. The normalized spacial score (nSPS) is 19.3. The van der Waals surface area contributed by atoms with Crippen molar-refractivity contribution in [2.75, 3.05) is 13.1 Å². The highest BCUT2D eigenvalue weighted by Crippen LogP contribution is 2.11. The number of carbonyl (C=O) groups is 1. The van der Waals surface area contributed by atoms with Gasteiger partial charge in [0.05, 0.1) is 12.7 Å². The number of nitrogens with one attached hydrogen (secondary N) is 2. The van der Waals surface area contributed by atoms with Gasteiger partial charge in [0.2, 0.25) is 5.91 Å². The van der Waals surface area contributed by atoms with Gasteiger partial charge in [-0.25, -0.2) is 0 Å². The van der Waals surface area contributed by atoms with Gasteiger partial charge in [-0.05, 0) is 38.3 Å². The van der Waals surface area contributed by atoms with Gasteiger partial charge in [-0.15, -0.1) is 0 Å². The van der Waals surface area contributed by atoms with Crippen LogP contribution >= 0.6 is 0 Å². The van der Waals surface area contributed by atoms with Crippen LogP contribution in [0.25, 0.3) is 0 Å². The number of carbonyl (C=O) groups excluding carboxylic acids is 1. The zero-order chi connectivity index (χ0) is 13.5. The summed E-state index contributed by atoms with van der Waals surface area (Å²) in [5, 5.41) is 10.6. The van der Waals surface area contributed by atoms with Crippen LogP contribution in [0.5, 0.6) is 0 Å². The van der Waals surface area contributed by atoms with Crippen LogP contribution in [0.4, 0.5) is 0 Å². The number of nitrogens with zero attached hydrogens (tertiary/aromatic N) is 2. The van der Waals surface area contributed by atoms with Gasteiger partial charge in [-0.3, -0.25) is 9.48 Å². The zero-order valence-electron chi connectivity index (χ0n) is 11.7. The lowest BCUT2D eigenvalue weighted by Crippen LogP contribution is -2.35. The van der Waals surface area contributed by atoms with Crippen molar-refractivity contribution in [2.24, 2.45) is 0 Å². The van der Waals surface area contributed by atoms with E-state index in [1.165, 1.54) is 19.3 Å². The Hall–Kier alpha value is -1.36. The van der Waals surface area contributed by atoms with Crippen molar-refractivity contribution in [1.82, 2.24) is 20.4 Å². The molecule has 2 heterocycles. The highest BCUT2D eigenvalue weighted by molar-refractivity contribution is 5.75. The summed E-state index contributed by atoms with van der Waals surface area (Å²) in [6, 6.07) is 0.535. The molecular formula is C14H24N4O. The minimum Gasteiger partial charge on any atom is -0.354 e. The average Bonchev–Trinajstić information content (AvgIpc) is 2.83. The fourth-order valence-corrected chi connectivity index (χ4v) is 2.46. The highest BCUT2D eigenvalue weighted by atomic mass is 16.1. The van der Waals surface area contributed by atoms with E-state index in [-0.39, 0.29) is 5.91 Å². The summed E-state index contributed by atoms with van der Waals surface area (Å²) in [5.74, 6) is 0.149. The van der Waals surface area contributed by atoms with E-state index in [1.807, 2.05) is 24.0 Å². The first-order valence-electron chi connectivity index (χ1n) is 7.23. The Bertz CT molecular complexity index is 396. The number of hydrogen-bond donors (Lipinski definition) is 2. The number of aryl methyl sites for hydroxylation is 1. The minimum atomic E-state index is 0.149. The Morgan fingerprint density at radius 2 is 2.47 bits per heavy atom. The Morgan fingerprint density at radius 3 is 3.16 bits per heavy atom. The van der Waals surface area contributed by atoms with Gasteiger partial charge in [-0.1, -0.05) is 6.42 Å². The second-order valence-corrected chi connectivity index (χ2v) is 5.32. The molecule has 0 bridgehead atoms. The van der Waals surface area contributed by atoms with Crippen LogP contribution in [0.3, 0.4) is 0 Å². The van der Waals surface area contributed by atoms with Crippen molar-refractivity contribution < 1.29 is 4.79 Å². The highest BCUT2D eigenvalue weighted by Gasteiger charge is 2.13. The third-order valence-corrected chi connectivity index (χ3v) is 3.56. The summed E-state index contributed by atoms with van der Waals surface area (Å²) in [4.78, 5) is 11.7. The van der Waals surface area contributed by atoms with Crippen LogP contribution in [0.2, 0.25) is 0 Å². The zero-order valence-corrected chi connectivity index (χ0v) is 11.7. The number of piperidine rings is 1. The Kier molecular flexibility index (Phi) is 5.39. The summed E-state index contributed by atoms with van der Waals surface area (Å²) >= 11 is 0. The summed E-state index contributed by atoms with van der Waals surface area (Å²) in [6.07, 6.45) is 9.15. The molecule has 1 fully saturated rings. The molecule has 5 heteroatoms. The molecule has 1 atom stereocenters. The first-order chi connectivity index (χ1) is 9.24. The predicted molar refractivity (Wildman–Crippen MR) is 74.8 cm³/mol. The van der Waals surface area contributed by atoms with E-state index in [0.29, 0.717) is 19.0 Å². The number of hydrogen-bond acceptors (Lipinski definition) is 3. The molecule has 19 heavy (non-hydrogen) atoms. The predicted octanol–water partition coefficient (Wildman–Crippen LogP) is 1.23. The third-order valence-electron chi connectivity index (χ3n) is 3.56. The topological polar surface area (TPSA) is 59.0 Å². The van der Waals surface area contributed by atoms with Crippen LogP contribution < -0.4 is 10.6 Å². The fourth-order valence-electron chi connectivity index (χ4n) is 2.46. The van der Waals surface area contributed by atoms with Crippen molar-refractivity contribution in [3.8, 4) is 0 Å². The summed E-state index contributed by atoms with van der Waals surface area (Å²) in [6.45, 7) is 4.50. The maximum Gasteiger partial charge on any atom is 0.220 e. The SMILES string of the molecule is Cc1cnn(CCNC(=O)CCC2CCCCN2)c1. The molecule has 1 unspecified atom stereocenters. The van der Waals surface area contributed by atoms with E-state index in [2.05, 4.69) is 15.7 Å². The van der Waals surface area contributed by atoms with Gasteiger partial charge >= 0.3 is 0 Å². The molecule has 2 N–H and O–H groups in total. The van der Waals surface area contributed by atoms with Crippen LogP contribution in [0.15, 0.2) is 12.4 Å². The van der Waals surface area contributed by atoms with E-state index in [1.54, 1.807) is 0 Å². The van der Waals surface area contributed by atoms with Crippen molar-refractivity contribution in [1.29, 1.82) is 0 Å².